The van der Waals surface area contributed by atoms with Crippen LogP contribution in [0.4, 0.5) is 4.39 Å². The Hall–Kier alpha value is -1.88. The van der Waals surface area contributed by atoms with Crippen molar-refractivity contribution in [2.45, 2.75) is 31.7 Å². The molecule has 3 aromatic rings. The zero-order valence-electron chi connectivity index (χ0n) is 17.8. The summed E-state index contributed by atoms with van der Waals surface area (Å²) in [6, 6.07) is 8.21. The Labute approximate surface area is 204 Å². The Bertz CT molecular complexity index is 1040. The molecule has 0 radical (unpaired) electrons. The maximum atomic E-state index is 13.3. The molecule has 0 saturated heterocycles. The number of nitrogens with zero attached hydrogens (tertiary/aromatic N) is 4. The molecule has 0 aliphatic rings. The van der Waals surface area contributed by atoms with Gasteiger partial charge in [0.2, 0.25) is 5.16 Å². The molecule has 2 aromatic carbocycles. The second kappa shape index (κ2) is 12.4. The quantitative estimate of drug-likeness (QED) is 0.254. The number of tetrazole rings is 1. The fourth-order valence-corrected chi connectivity index (χ4v) is 4.47. The van der Waals surface area contributed by atoms with Gasteiger partial charge in [0.15, 0.2) is 11.5 Å². The van der Waals surface area contributed by atoms with Crippen LogP contribution < -0.4 is 14.8 Å². The van der Waals surface area contributed by atoms with Gasteiger partial charge in [0.05, 0.1) is 16.1 Å². The van der Waals surface area contributed by atoms with Crippen molar-refractivity contribution >= 4 is 39.3 Å². The lowest BCUT2D eigenvalue weighted by molar-refractivity contribution is 0.267. The number of ether oxygens (including phenoxy) is 2. The zero-order chi connectivity index (χ0) is 22.9. The molecule has 0 spiro atoms. The van der Waals surface area contributed by atoms with Gasteiger partial charge in [0, 0.05) is 24.9 Å². The number of thioether (sulfide) groups is 1. The summed E-state index contributed by atoms with van der Waals surface area (Å²) in [4.78, 5) is 0. The predicted molar refractivity (Wildman–Crippen MR) is 127 cm³/mol. The van der Waals surface area contributed by atoms with E-state index in [4.69, 9.17) is 21.1 Å². The van der Waals surface area contributed by atoms with Gasteiger partial charge in [0.25, 0.3) is 0 Å². The third-order valence-electron chi connectivity index (χ3n) is 4.40. The molecule has 0 saturated carbocycles. The molecule has 0 fully saturated rings. The lowest BCUT2D eigenvalue weighted by Crippen LogP contribution is -2.15. The summed E-state index contributed by atoms with van der Waals surface area (Å²) in [6.45, 7) is 4.18. The second-order valence-electron chi connectivity index (χ2n) is 6.83. The van der Waals surface area contributed by atoms with Gasteiger partial charge in [-0.1, -0.05) is 29.4 Å². The molecule has 172 valence electrons. The summed E-state index contributed by atoms with van der Waals surface area (Å²) >= 11 is 11.3. The summed E-state index contributed by atoms with van der Waals surface area (Å²) < 4.78 is 27.5. The van der Waals surface area contributed by atoms with Crippen LogP contribution in [-0.4, -0.2) is 39.1 Å². The minimum atomic E-state index is -0.379. The van der Waals surface area contributed by atoms with E-state index in [2.05, 4.69) is 36.8 Å². The van der Waals surface area contributed by atoms with E-state index in [-0.39, 0.29) is 12.4 Å². The zero-order valence-corrected chi connectivity index (χ0v) is 20.9. The van der Waals surface area contributed by atoms with E-state index < -0.39 is 0 Å². The summed E-state index contributed by atoms with van der Waals surface area (Å²) in [6.07, 6.45) is 0.983. The van der Waals surface area contributed by atoms with Crippen LogP contribution in [0.25, 0.3) is 0 Å². The van der Waals surface area contributed by atoms with Gasteiger partial charge in [-0.05, 0) is 76.1 Å². The summed E-state index contributed by atoms with van der Waals surface area (Å²) in [7, 11) is 1.83. The van der Waals surface area contributed by atoms with Crippen molar-refractivity contribution in [2.24, 2.45) is 7.05 Å². The van der Waals surface area contributed by atoms with Gasteiger partial charge in [-0.2, -0.15) is 0 Å². The average Bonchev–Trinajstić information content (AvgIpc) is 3.16. The monoisotopic (exact) mass is 543 g/mol. The first-order valence-corrected chi connectivity index (χ1v) is 12.2. The predicted octanol–water partition coefficient (Wildman–Crippen LogP) is 5.01. The molecule has 7 nitrogen and oxygen atoms in total. The van der Waals surface area contributed by atoms with Crippen LogP contribution in [0.3, 0.4) is 0 Å². The van der Waals surface area contributed by atoms with E-state index in [1.165, 1.54) is 12.1 Å². The van der Waals surface area contributed by atoms with Crippen LogP contribution in [0.2, 0.25) is 5.02 Å². The fraction of sp³-hybridized carbons (Fsp3) is 0.381. The third-order valence-corrected chi connectivity index (χ3v) is 6.43. The van der Waals surface area contributed by atoms with Crippen LogP contribution in [0.1, 0.15) is 24.5 Å². The maximum Gasteiger partial charge on any atom is 0.209 e. The minimum absolute atomic E-state index is 0.202. The van der Waals surface area contributed by atoms with E-state index in [9.17, 15) is 4.39 Å². The number of nitrogens with one attached hydrogen (secondary N) is 1. The molecule has 0 atom stereocenters. The Morgan fingerprint density at radius 1 is 1.25 bits per heavy atom. The number of halogens is 3. The topological polar surface area (TPSA) is 74.1 Å². The molecule has 32 heavy (non-hydrogen) atoms. The molecular formula is C21H24BrClFN5O2S. The Morgan fingerprint density at radius 3 is 2.81 bits per heavy atom. The highest BCUT2D eigenvalue weighted by Gasteiger charge is 2.14. The van der Waals surface area contributed by atoms with Gasteiger partial charge in [-0.15, -0.1) is 5.10 Å². The number of aryl methyl sites for hydroxylation is 1. The van der Waals surface area contributed by atoms with Crippen LogP contribution in [0.5, 0.6) is 11.5 Å². The molecular weight excluding hydrogens is 521 g/mol. The third kappa shape index (κ3) is 7.06. The van der Waals surface area contributed by atoms with E-state index in [0.29, 0.717) is 35.2 Å². The minimum Gasteiger partial charge on any atom is -0.490 e. The first-order valence-electron chi connectivity index (χ1n) is 10.1. The lowest BCUT2D eigenvalue weighted by Gasteiger charge is -2.16. The standard InChI is InChI=1S/C21H24BrClFN5O2S/c1-3-30-19-10-14(12-25-7-4-8-32-21-26-27-28-29(21)2)9-17(22)20(19)31-13-15-5-6-16(24)11-18(15)23/h5-6,9-11,25H,3-4,7-8,12-13H2,1-2H3. The van der Waals surface area contributed by atoms with Crippen molar-refractivity contribution in [1.29, 1.82) is 0 Å². The first-order chi connectivity index (χ1) is 15.5. The van der Waals surface area contributed by atoms with Crippen LogP contribution in [0.15, 0.2) is 40.0 Å². The molecule has 0 aliphatic heterocycles. The SMILES string of the molecule is CCOc1cc(CNCCCSc2nnnn2C)cc(Br)c1OCc1ccc(F)cc1Cl. The van der Waals surface area contributed by atoms with Crippen molar-refractivity contribution in [2.75, 3.05) is 18.9 Å². The number of hydrogen-bond donors (Lipinski definition) is 1. The second-order valence-corrected chi connectivity index (χ2v) is 9.15. The number of aromatic nitrogens is 4. The molecule has 1 heterocycles. The highest BCUT2D eigenvalue weighted by atomic mass is 79.9. The fourth-order valence-electron chi connectivity index (χ4n) is 2.85. The van der Waals surface area contributed by atoms with Crippen molar-refractivity contribution in [3.63, 3.8) is 0 Å². The highest BCUT2D eigenvalue weighted by Crippen LogP contribution is 2.38. The molecule has 0 bridgehead atoms. The van der Waals surface area contributed by atoms with Crippen molar-refractivity contribution in [1.82, 2.24) is 25.5 Å². The van der Waals surface area contributed by atoms with E-state index in [1.54, 1.807) is 22.5 Å². The number of rotatable bonds is 12. The van der Waals surface area contributed by atoms with E-state index in [0.717, 1.165) is 33.9 Å². The van der Waals surface area contributed by atoms with Crippen molar-refractivity contribution in [3.8, 4) is 11.5 Å². The van der Waals surface area contributed by atoms with E-state index in [1.807, 2.05) is 26.1 Å². The Balaban J connectivity index is 1.54. The molecule has 0 aliphatic carbocycles. The Morgan fingerprint density at radius 2 is 2.09 bits per heavy atom. The molecule has 0 unspecified atom stereocenters. The summed E-state index contributed by atoms with van der Waals surface area (Å²) in [5.74, 6) is 1.77. The van der Waals surface area contributed by atoms with E-state index >= 15 is 0 Å². The first kappa shape index (κ1) is 24.8. The molecule has 1 aromatic heterocycles. The van der Waals surface area contributed by atoms with Gasteiger partial charge in [0.1, 0.15) is 12.4 Å². The molecule has 11 heteroatoms. The molecule has 0 amide bonds. The average molecular weight is 545 g/mol. The highest BCUT2D eigenvalue weighted by molar-refractivity contribution is 9.10. The van der Waals surface area contributed by atoms with Gasteiger partial charge >= 0.3 is 0 Å². The number of benzene rings is 2. The van der Waals surface area contributed by atoms with Crippen molar-refractivity contribution in [3.05, 3.63) is 56.8 Å². The van der Waals surface area contributed by atoms with Gasteiger partial charge < -0.3 is 14.8 Å². The molecule has 1 N–H and O–H groups in total. The van der Waals surface area contributed by atoms with Crippen LogP contribution >= 0.6 is 39.3 Å². The smallest absolute Gasteiger partial charge is 0.209 e. The largest absolute Gasteiger partial charge is 0.490 e. The normalized spacial score (nSPS) is 11.0. The lowest BCUT2D eigenvalue weighted by atomic mass is 10.2. The summed E-state index contributed by atoms with van der Waals surface area (Å²) in [5, 5.41) is 16.0. The van der Waals surface area contributed by atoms with Crippen LogP contribution in [0, 0.1) is 5.82 Å². The van der Waals surface area contributed by atoms with Crippen LogP contribution in [-0.2, 0) is 20.2 Å². The maximum absolute atomic E-state index is 13.3. The van der Waals surface area contributed by atoms with Gasteiger partial charge in [-0.3, -0.25) is 0 Å². The molecule has 3 rings (SSSR count). The number of hydrogen-bond acceptors (Lipinski definition) is 7. The van der Waals surface area contributed by atoms with Gasteiger partial charge in [-0.25, -0.2) is 9.07 Å². The van der Waals surface area contributed by atoms with Crippen molar-refractivity contribution < 1.29 is 13.9 Å². The summed E-state index contributed by atoms with van der Waals surface area (Å²) in [5.41, 5.74) is 1.76. The Kier molecular flexibility index (Phi) is 9.58.